The highest BCUT2D eigenvalue weighted by molar-refractivity contribution is 7.89. The molecule has 2 rings (SSSR count). The quantitative estimate of drug-likeness (QED) is 0.879. The third-order valence-electron chi connectivity index (χ3n) is 3.14. The van der Waals surface area contributed by atoms with Crippen LogP contribution in [0.4, 0.5) is 0 Å². The van der Waals surface area contributed by atoms with Crippen LogP contribution in [0.3, 0.4) is 0 Å². The number of imidazole rings is 1. The summed E-state index contributed by atoms with van der Waals surface area (Å²) in [4.78, 5) is 6.69. The summed E-state index contributed by atoms with van der Waals surface area (Å²) in [5.74, 6) is 0.880. The third kappa shape index (κ3) is 2.90. The lowest BCUT2D eigenvalue weighted by molar-refractivity contribution is 0.0495. The highest BCUT2D eigenvalue weighted by Gasteiger charge is 2.26. The van der Waals surface area contributed by atoms with Crippen molar-refractivity contribution in [2.45, 2.75) is 24.8 Å². The summed E-state index contributed by atoms with van der Waals surface area (Å²) in [6.07, 6.45) is 3.38. The zero-order chi connectivity index (χ0) is 13.2. The third-order valence-corrected chi connectivity index (χ3v) is 4.87. The van der Waals surface area contributed by atoms with Gasteiger partial charge in [0.15, 0.2) is 5.03 Å². The van der Waals surface area contributed by atoms with E-state index in [9.17, 15) is 8.42 Å². The first-order chi connectivity index (χ1) is 8.50. The molecule has 6 nitrogen and oxygen atoms in total. The van der Waals surface area contributed by atoms with Gasteiger partial charge in [-0.25, -0.2) is 13.4 Å². The monoisotopic (exact) mass is 273 g/mol. The van der Waals surface area contributed by atoms with Gasteiger partial charge in [0.1, 0.15) is 5.82 Å². The molecule has 1 atom stereocenters. The van der Waals surface area contributed by atoms with Crippen molar-refractivity contribution in [3.05, 3.63) is 12.0 Å². The van der Waals surface area contributed by atoms with E-state index < -0.39 is 10.0 Å². The van der Waals surface area contributed by atoms with Crippen LogP contribution in [-0.4, -0.2) is 49.5 Å². The second kappa shape index (κ2) is 5.38. The molecular formula is C11H19N3O3S. The Labute approximate surface area is 107 Å². The number of hydrogen-bond donors (Lipinski definition) is 1. The number of aryl methyl sites for hydroxylation is 1. The molecule has 18 heavy (non-hydrogen) atoms. The average molecular weight is 273 g/mol. The first kappa shape index (κ1) is 13.5. The molecule has 0 spiro atoms. The van der Waals surface area contributed by atoms with E-state index in [1.165, 1.54) is 10.5 Å². The average Bonchev–Trinajstić information content (AvgIpc) is 2.78. The van der Waals surface area contributed by atoms with Crippen molar-refractivity contribution in [1.29, 1.82) is 0 Å². The molecule has 1 N–H and O–H groups in total. The summed E-state index contributed by atoms with van der Waals surface area (Å²) in [7, 11) is -1.86. The van der Waals surface area contributed by atoms with E-state index in [0.717, 1.165) is 19.4 Å². The lowest BCUT2D eigenvalue weighted by Gasteiger charge is -2.26. The van der Waals surface area contributed by atoms with Gasteiger partial charge in [-0.3, -0.25) is 0 Å². The predicted molar refractivity (Wildman–Crippen MR) is 66.7 cm³/mol. The first-order valence-electron chi connectivity index (χ1n) is 6.06. The first-order valence-corrected chi connectivity index (χ1v) is 7.50. The maximum atomic E-state index is 12.2. The van der Waals surface area contributed by atoms with Crippen LogP contribution < -0.4 is 0 Å². The Morgan fingerprint density at radius 2 is 2.39 bits per heavy atom. The number of hydrogen-bond acceptors (Lipinski definition) is 4. The predicted octanol–water partition coefficient (Wildman–Crippen LogP) is 0.765. The summed E-state index contributed by atoms with van der Waals surface area (Å²) < 4.78 is 31.2. The van der Waals surface area contributed by atoms with Crippen molar-refractivity contribution in [2.24, 2.45) is 5.92 Å². The molecule has 102 valence electrons. The van der Waals surface area contributed by atoms with Gasteiger partial charge in [0.25, 0.3) is 10.0 Å². The van der Waals surface area contributed by atoms with E-state index in [-0.39, 0.29) is 10.9 Å². The van der Waals surface area contributed by atoms with Gasteiger partial charge in [0, 0.05) is 20.2 Å². The Bertz CT molecular complexity index is 491. The summed E-state index contributed by atoms with van der Waals surface area (Å²) in [6.45, 7) is 3.64. The van der Waals surface area contributed by atoms with Crippen molar-refractivity contribution >= 4 is 10.0 Å². The topological polar surface area (TPSA) is 75.3 Å². The summed E-state index contributed by atoms with van der Waals surface area (Å²) >= 11 is 0. The molecular weight excluding hydrogens is 254 g/mol. The zero-order valence-corrected chi connectivity index (χ0v) is 11.5. The minimum Gasteiger partial charge on any atom is -0.381 e. The largest absolute Gasteiger partial charge is 0.381 e. The van der Waals surface area contributed by atoms with E-state index in [1.54, 1.807) is 14.0 Å². The van der Waals surface area contributed by atoms with E-state index in [2.05, 4.69) is 9.97 Å². The second-order valence-corrected chi connectivity index (χ2v) is 6.71. The second-order valence-electron chi connectivity index (χ2n) is 4.70. The molecule has 0 saturated carbocycles. The number of H-pyrrole nitrogens is 1. The highest BCUT2D eigenvalue weighted by Crippen LogP contribution is 2.18. The molecule has 1 aliphatic heterocycles. The fourth-order valence-corrected chi connectivity index (χ4v) is 3.32. The van der Waals surface area contributed by atoms with Gasteiger partial charge in [-0.15, -0.1) is 0 Å². The van der Waals surface area contributed by atoms with Crippen LogP contribution in [0.5, 0.6) is 0 Å². The van der Waals surface area contributed by atoms with Crippen LogP contribution in [-0.2, 0) is 14.8 Å². The number of nitrogens with one attached hydrogen (secondary N) is 1. The Morgan fingerprint density at radius 1 is 1.61 bits per heavy atom. The van der Waals surface area contributed by atoms with E-state index in [4.69, 9.17) is 4.74 Å². The molecule has 1 aromatic rings. The summed E-state index contributed by atoms with van der Waals surface area (Å²) in [5.41, 5.74) is 0. The fraction of sp³-hybridized carbons (Fsp3) is 0.727. The molecule has 1 unspecified atom stereocenters. The van der Waals surface area contributed by atoms with Crippen molar-refractivity contribution in [3.8, 4) is 0 Å². The van der Waals surface area contributed by atoms with Gasteiger partial charge in [-0.1, -0.05) is 0 Å². The lowest BCUT2D eigenvalue weighted by atomic mass is 10.0. The van der Waals surface area contributed by atoms with Gasteiger partial charge in [-0.05, 0) is 25.7 Å². The Morgan fingerprint density at radius 3 is 2.94 bits per heavy atom. The molecule has 1 fully saturated rings. The minimum atomic E-state index is -3.46. The fourth-order valence-electron chi connectivity index (χ4n) is 2.11. The molecule has 1 aromatic heterocycles. The molecule has 0 aliphatic carbocycles. The SMILES string of the molecule is Cc1ncc(S(=O)(=O)N(C)CC2CCCOC2)[nH]1. The van der Waals surface area contributed by atoms with E-state index >= 15 is 0 Å². The standard InChI is InChI=1S/C11H19N3O3S/c1-9-12-6-11(13-9)18(15,16)14(2)7-10-4-3-5-17-8-10/h6,10H,3-5,7-8H2,1-2H3,(H,12,13). The van der Waals surface area contributed by atoms with Crippen LogP contribution in [0, 0.1) is 12.8 Å². The summed E-state index contributed by atoms with van der Waals surface area (Å²) in [6, 6.07) is 0. The lowest BCUT2D eigenvalue weighted by Crippen LogP contribution is -2.35. The Kier molecular flexibility index (Phi) is 4.04. The number of ether oxygens (including phenoxy) is 1. The maximum Gasteiger partial charge on any atom is 0.259 e. The molecule has 2 heterocycles. The summed E-state index contributed by atoms with van der Waals surface area (Å²) in [5, 5.41) is 0.152. The highest BCUT2D eigenvalue weighted by atomic mass is 32.2. The van der Waals surface area contributed by atoms with Crippen LogP contribution in [0.2, 0.25) is 0 Å². The number of aromatic amines is 1. The van der Waals surface area contributed by atoms with Crippen molar-refractivity contribution < 1.29 is 13.2 Å². The smallest absolute Gasteiger partial charge is 0.259 e. The number of aromatic nitrogens is 2. The molecule has 0 aromatic carbocycles. The van der Waals surface area contributed by atoms with Gasteiger partial charge in [0.2, 0.25) is 0 Å². The van der Waals surface area contributed by atoms with Crippen molar-refractivity contribution in [1.82, 2.24) is 14.3 Å². The molecule has 1 aliphatic rings. The van der Waals surface area contributed by atoms with Crippen molar-refractivity contribution in [3.63, 3.8) is 0 Å². The van der Waals surface area contributed by atoms with Gasteiger partial charge < -0.3 is 9.72 Å². The molecule has 0 radical (unpaired) electrons. The molecule has 7 heteroatoms. The van der Waals surface area contributed by atoms with Gasteiger partial charge in [0.05, 0.1) is 12.8 Å². The normalized spacial score (nSPS) is 21.4. The Hall–Kier alpha value is -0.920. The van der Waals surface area contributed by atoms with Crippen LogP contribution in [0.25, 0.3) is 0 Å². The number of sulfonamides is 1. The molecule has 0 amide bonds. The van der Waals surface area contributed by atoms with Gasteiger partial charge >= 0.3 is 0 Å². The molecule has 1 saturated heterocycles. The van der Waals surface area contributed by atoms with E-state index in [0.29, 0.717) is 19.0 Å². The van der Waals surface area contributed by atoms with Crippen LogP contribution in [0.15, 0.2) is 11.2 Å². The maximum absolute atomic E-state index is 12.2. The number of nitrogens with zero attached hydrogens (tertiary/aromatic N) is 2. The van der Waals surface area contributed by atoms with Gasteiger partial charge in [-0.2, -0.15) is 4.31 Å². The number of rotatable bonds is 4. The minimum absolute atomic E-state index is 0.152. The van der Waals surface area contributed by atoms with Crippen molar-refractivity contribution in [2.75, 3.05) is 26.8 Å². The van der Waals surface area contributed by atoms with Crippen LogP contribution >= 0.6 is 0 Å². The Balaban J connectivity index is 2.05. The zero-order valence-electron chi connectivity index (χ0n) is 10.7. The molecule has 0 bridgehead atoms. The van der Waals surface area contributed by atoms with Crippen LogP contribution in [0.1, 0.15) is 18.7 Å². The van der Waals surface area contributed by atoms with E-state index in [1.807, 2.05) is 0 Å².